The molecule has 1 heterocycles. The van der Waals surface area contributed by atoms with Gasteiger partial charge in [0, 0.05) is 35.6 Å². The third-order valence-corrected chi connectivity index (χ3v) is 5.74. The molecule has 0 aliphatic heterocycles. The third kappa shape index (κ3) is 5.93. The lowest BCUT2D eigenvalue weighted by atomic mass is 10.1. The van der Waals surface area contributed by atoms with Gasteiger partial charge in [-0.05, 0) is 67.5 Å². The largest absolute Gasteiger partial charge is 0.497 e. The number of nitrogens with one attached hydrogen (secondary N) is 2. The summed E-state index contributed by atoms with van der Waals surface area (Å²) in [5.41, 5.74) is 3.99. The van der Waals surface area contributed by atoms with Crippen molar-refractivity contribution in [2.24, 2.45) is 0 Å². The number of fused-ring (bicyclic) bond motifs is 1. The normalized spacial score (nSPS) is 12.3. The molecule has 0 unspecified atom stereocenters. The van der Waals surface area contributed by atoms with Crippen molar-refractivity contribution < 1.29 is 13.2 Å². The highest BCUT2D eigenvalue weighted by Crippen LogP contribution is 2.21. The van der Waals surface area contributed by atoms with Crippen molar-refractivity contribution >= 4 is 27.0 Å². The second kappa shape index (κ2) is 9.26. The topological polar surface area (TPSA) is 74.4 Å². The second-order valence-corrected chi connectivity index (χ2v) is 8.84. The molecule has 2 N–H and O–H groups in total. The second-order valence-electron chi connectivity index (χ2n) is 7.19. The van der Waals surface area contributed by atoms with Gasteiger partial charge in [0.2, 0.25) is 10.0 Å². The molecular formula is C22H27N3O3S. The maximum absolute atomic E-state index is 12.3. The Balaban J connectivity index is 1.68. The summed E-state index contributed by atoms with van der Waals surface area (Å²) in [7, 11) is 2.15. The summed E-state index contributed by atoms with van der Waals surface area (Å²) < 4.78 is 32.3. The lowest BCUT2D eigenvalue weighted by Gasteiger charge is -2.08. The van der Waals surface area contributed by atoms with E-state index in [1.54, 1.807) is 25.3 Å². The number of sulfonamides is 1. The monoisotopic (exact) mass is 413 g/mol. The van der Waals surface area contributed by atoms with Gasteiger partial charge in [0.15, 0.2) is 0 Å². The minimum Gasteiger partial charge on any atom is -0.497 e. The smallest absolute Gasteiger partial charge is 0.234 e. The van der Waals surface area contributed by atoms with Crippen LogP contribution in [0.3, 0.4) is 0 Å². The number of ether oxygens (including phenoxy) is 1. The number of aromatic amines is 1. The number of rotatable bonds is 9. The van der Waals surface area contributed by atoms with Crippen molar-refractivity contribution in [1.29, 1.82) is 0 Å². The van der Waals surface area contributed by atoms with E-state index in [-0.39, 0.29) is 6.54 Å². The Kier molecular flexibility index (Phi) is 6.74. The zero-order valence-corrected chi connectivity index (χ0v) is 17.8. The van der Waals surface area contributed by atoms with Crippen LogP contribution in [0, 0.1) is 0 Å². The van der Waals surface area contributed by atoms with Gasteiger partial charge in [-0.3, -0.25) is 0 Å². The Hall–Kier alpha value is -2.61. The van der Waals surface area contributed by atoms with E-state index >= 15 is 0 Å². The summed E-state index contributed by atoms with van der Waals surface area (Å²) in [6, 6.07) is 13.2. The number of hydrogen-bond acceptors (Lipinski definition) is 4. The molecule has 0 spiro atoms. The molecule has 154 valence electrons. The molecule has 0 saturated heterocycles. The molecule has 0 bridgehead atoms. The fourth-order valence-corrected chi connectivity index (χ4v) is 3.79. The van der Waals surface area contributed by atoms with Crippen LogP contribution in [0.25, 0.3) is 17.0 Å². The summed E-state index contributed by atoms with van der Waals surface area (Å²) >= 11 is 0. The molecule has 6 nitrogen and oxygen atoms in total. The molecule has 7 heteroatoms. The molecule has 0 amide bonds. The van der Waals surface area contributed by atoms with Crippen molar-refractivity contribution in [1.82, 2.24) is 14.6 Å². The fraction of sp³-hybridized carbons (Fsp3) is 0.273. The number of likely N-dealkylation sites (N-methyl/N-ethyl adjacent to an activating group) is 1. The van der Waals surface area contributed by atoms with Crippen LogP contribution in [0.2, 0.25) is 0 Å². The van der Waals surface area contributed by atoms with Crippen LogP contribution in [-0.4, -0.2) is 46.1 Å². The molecule has 3 aromatic rings. The summed E-state index contributed by atoms with van der Waals surface area (Å²) in [6.07, 6.45) is 4.58. The van der Waals surface area contributed by atoms with Crippen molar-refractivity contribution in [3.8, 4) is 5.75 Å². The predicted molar refractivity (Wildman–Crippen MR) is 118 cm³/mol. The van der Waals surface area contributed by atoms with Crippen molar-refractivity contribution in [2.75, 3.05) is 27.7 Å². The van der Waals surface area contributed by atoms with Crippen molar-refractivity contribution in [3.63, 3.8) is 0 Å². The standard InChI is InChI=1S/C22H27N3O3S/c1-25(2)12-10-19-16-23-22-9-6-17(14-21(19)22)11-13-29(26,27)24-15-18-4-7-20(28-3)8-5-18/h4-9,11,13-14,16,23-24H,10,12,15H2,1-3H3. The highest BCUT2D eigenvalue weighted by molar-refractivity contribution is 7.92. The molecule has 0 fully saturated rings. The van der Waals surface area contributed by atoms with Crippen LogP contribution >= 0.6 is 0 Å². The van der Waals surface area contributed by atoms with Crippen LogP contribution in [0.5, 0.6) is 5.75 Å². The Morgan fingerprint density at radius 1 is 1.14 bits per heavy atom. The van der Waals surface area contributed by atoms with Crippen molar-refractivity contribution in [3.05, 3.63) is 70.8 Å². The molecule has 0 saturated carbocycles. The first-order valence-corrected chi connectivity index (χ1v) is 11.0. The lowest BCUT2D eigenvalue weighted by molar-refractivity contribution is 0.414. The Morgan fingerprint density at radius 3 is 2.59 bits per heavy atom. The van der Waals surface area contributed by atoms with Gasteiger partial charge < -0.3 is 14.6 Å². The molecule has 0 aliphatic rings. The Labute approximate surface area is 172 Å². The lowest BCUT2D eigenvalue weighted by Crippen LogP contribution is -2.20. The maximum atomic E-state index is 12.3. The molecule has 2 aromatic carbocycles. The van der Waals surface area contributed by atoms with Gasteiger partial charge in [-0.1, -0.05) is 18.2 Å². The van der Waals surface area contributed by atoms with E-state index in [9.17, 15) is 8.42 Å². The zero-order valence-electron chi connectivity index (χ0n) is 17.0. The Morgan fingerprint density at radius 2 is 1.90 bits per heavy atom. The van der Waals surface area contributed by atoms with Crippen LogP contribution in [-0.2, 0) is 23.0 Å². The first-order chi connectivity index (χ1) is 13.9. The molecule has 0 radical (unpaired) electrons. The van der Waals surface area contributed by atoms with Crippen LogP contribution in [0.4, 0.5) is 0 Å². The van der Waals surface area contributed by atoms with Gasteiger partial charge in [0.05, 0.1) is 7.11 Å². The van der Waals surface area contributed by atoms with Crippen molar-refractivity contribution in [2.45, 2.75) is 13.0 Å². The van der Waals surface area contributed by atoms with Crippen LogP contribution < -0.4 is 9.46 Å². The molecular weight excluding hydrogens is 386 g/mol. The number of benzene rings is 2. The number of nitrogens with zero attached hydrogens (tertiary/aromatic N) is 1. The minimum atomic E-state index is -3.54. The molecule has 0 atom stereocenters. The van der Waals surface area contributed by atoms with E-state index in [1.807, 2.05) is 50.6 Å². The van der Waals surface area contributed by atoms with Crippen LogP contribution in [0.1, 0.15) is 16.7 Å². The molecule has 1 aromatic heterocycles. The fourth-order valence-electron chi connectivity index (χ4n) is 2.99. The SMILES string of the molecule is COc1ccc(CNS(=O)(=O)C=Cc2ccc3[nH]cc(CCN(C)C)c3c2)cc1. The van der Waals surface area contributed by atoms with E-state index in [1.165, 1.54) is 11.0 Å². The van der Waals surface area contributed by atoms with Crippen LogP contribution in [0.15, 0.2) is 54.1 Å². The van der Waals surface area contributed by atoms with E-state index in [0.29, 0.717) is 0 Å². The third-order valence-electron chi connectivity index (χ3n) is 4.70. The first kappa shape index (κ1) is 21.1. The molecule has 3 rings (SSSR count). The average molecular weight is 414 g/mol. The quantitative estimate of drug-likeness (QED) is 0.564. The number of methoxy groups -OCH3 is 1. The van der Waals surface area contributed by atoms with Gasteiger partial charge in [0.1, 0.15) is 5.75 Å². The summed E-state index contributed by atoms with van der Waals surface area (Å²) in [6.45, 7) is 1.18. The average Bonchev–Trinajstić information content (AvgIpc) is 3.12. The molecule has 29 heavy (non-hydrogen) atoms. The summed E-state index contributed by atoms with van der Waals surface area (Å²) in [4.78, 5) is 5.42. The number of hydrogen-bond donors (Lipinski definition) is 2. The first-order valence-electron chi connectivity index (χ1n) is 9.42. The van der Waals surface area contributed by atoms with Gasteiger partial charge >= 0.3 is 0 Å². The van der Waals surface area contributed by atoms with E-state index in [4.69, 9.17) is 4.74 Å². The van der Waals surface area contributed by atoms with Gasteiger partial charge in [0.25, 0.3) is 0 Å². The minimum absolute atomic E-state index is 0.224. The summed E-state index contributed by atoms with van der Waals surface area (Å²) in [5.74, 6) is 0.738. The highest BCUT2D eigenvalue weighted by Gasteiger charge is 2.07. The number of H-pyrrole nitrogens is 1. The summed E-state index contributed by atoms with van der Waals surface area (Å²) in [5, 5.41) is 2.33. The van der Waals surface area contributed by atoms with E-state index < -0.39 is 10.0 Å². The molecule has 0 aliphatic carbocycles. The van der Waals surface area contributed by atoms with Gasteiger partial charge in [-0.25, -0.2) is 13.1 Å². The van der Waals surface area contributed by atoms with Gasteiger partial charge in [-0.15, -0.1) is 0 Å². The van der Waals surface area contributed by atoms with E-state index in [2.05, 4.69) is 14.6 Å². The van der Waals surface area contributed by atoms with E-state index in [0.717, 1.165) is 40.7 Å². The predicted octanol–water partition coefficient (Wildman–Crippen LogP) is 3.37. The number of aromatic nitrogens is 1. The maximum Gasteiger partial charge on any atom is 0.234 e. The highest BCUT2D eigenvalue weighted by atomic mass is 32.2. The Bertz CT molecular complexity index is 1080. The zero-order chi connectivity index (χ0) is 20.9. The van der Waals surface area contributed by atoms with Gasteiger partial charge in [-0.2, -0.15) is 0 Å².